The van der Waals surface area contributed by atoms with Crippen LogP contribution in [0.5, 0.6) is 11.5 Å². The Labute approximate surface area is 222 Å². The van der Waals surface area contributed by atoms with Gasteiger partial charge in [0.05, 0.1) is 37.3 Å². The Bertz CT molecular complexity index is 1300. The molecule has 38 heavy (non-hydrogen) atoms. The predicted octanol–water partition coefficient (Wildman–Crippen LogP) is 3.47. The van der Waals surface area contributed by atoms with Gasteiger partial charge in [0.15, 0.2) is 0 Å². The van der Waals surface area contributed by atoms with Crippen molar-refractivity contribution in [3.8, 4) is 11.5 Å². The SMILES string of the molecule is COc1cc([OH2+])ccc1[C@H]1[C@H](C(=O)NCCc2ccccn2)c2ccccc2C(=O)N1[C@H]1CCCC[C@@H]1O. The molecule has 0 unspecified atom stereocenters. The summed E-state index contributed by atoms with van der Waals surface area (Å²) in [4.78, 5) is 34.1. The van der Waals surface area contributed by atoms with Crippen molar-refractivity contribution in [2.24, 2.45) is 0 Å². The number of nitrogens with one attached hydrogen (secondary N) is 1. The molecule has 1 saturated carbocycles. The van der Waals surface area contributed by atoms with Crippen LogP contribution in [0.2, 0.25) is 0 Å². The second-order valence-electron chi connectivity index (χ2n) is 9.96. The summed E-state index contributed by atoms with van der Waals surface area (Å²) in [5, 5.41) is 22.2. The minimum Gasteiger partial charge on any atom is -0.593 e. The van der Waals surface area contributed by atoms with Gasteiger partial charge in [0, 0.05) is 42.0 Å². The number of aliphatic hydroxyl groups excluding tert-OH is 1. The molecule has 0 radical (unpaired) electrons. The number of amides is 2. The molecule has 1 aromatic heterocycles. The first-order valence-electron chi connectivity index (χ1n) is 13.2. The smallest absolute Gasteiger partial charge is 0.257 e. The number of rotatable bonds is 7. The third kappa shape index (κ3) is 4.96. The quantitative estimate of drug-likeness (QED) is 0.467. The van der Waals surface area contributed by atoms with Crippen LogP contribution in [-0.2, 0) is 11.2 Å². The fourth-order valence-electron chi connectivity index (χ4n) is 5.87. The zero-order valence-corrected chi connectivity index (χ0v) is 21.5. The van der Waals surface area contributed by atoms with Gasteiger partial charge in [-0.25, -0.2) is 0 Å². The number of benzene rings is 2. The summed E-state index contributed by atoms with van der Waals surface area (Å²) in [5.41, 5.74) is 2.65. The minimum atomic E-state index is -0.729. The first-order chi connectivity index (χ1) is 18.5. The Balaban J connectivity index is 1.59. The number of carbonyl (C=O) groups excluding carboxylic acids is 2. The van der Waals surface area contributed by atoms with Crippen LogP contribution in [0.4, 0.5) is 0 Å². The number of aromatic nitrogens is 1. The monoisotopic (exact) mass is 516 g/mol. The van der Waals surface area contributed by atoms with Gasteiger partial charge in [-0.05, 0) is 42.7 Å². The molecule has 2 amide bonds. The van der Waals surface area contributed by atoms with E-state index < -0.39 is 24.1 Å². The maximum Gasteiger partial charge on any atom is 0.257 e. The number of pyridine rings is 1. The van der Waals surface area contributed by atoms with Crippen molar-refractivity contribution in [1.29, 1.82) is 0 Å². The van der Waals surface area contributed by atoms with Crippen LogP contribution in [0.15, 0.2) is 66.9 Å². The van der Waals surface area contributed by atoms with Crippen LogP contribution >= 0.6 is 0 Å². The molecular formula is C30H34N3O5+. The third-order valence-corrected chi connectivity index (χ3v) is 7.67. The van der Waals surface area contributed by atoms with Crippen LogP contribution < -0.4 is 10.1 Å². The molecule has 2 aromatic carbocycles. The lowest BCUT2D eigenvalue weighted by Gasteiger charge is -2.48. The highest BCUT2D eigenvalue weighted by atomic mass is 16.5. The second-order valence-corrected chi connectivity index (χ2v) is 9.96. The van der Waals surface area contributed by atoms with Gasteiger partial charge in [0.1, 0.15) is 5.75 Å². The van der Waals surface area contributed by atoms with Crippen LogP contribution in [0.25, 0.3) is 0 Å². The van der Waals surface area contributed by atoms with Gasteiger partial charge in [0.25, 0.3) is 11.7 Å². The highest BCUT2D eigenvalue weighted by Crippen LogP contribution is 2.48. The molecule has 8 heteroatoms. The zero-order chi connectivity index (χ0) is 26.6. The van der Waals surface area contributed by atoms with Gasteiger partial charge in [0.2, 0.25) is 5.91 Å². The van der Waals surface area contributed by atoms with Gasteiger partial charge >= 0.3 is 0 Å². The van der Waals surface area contributed by atoms with E-state index in [4.69, 9.17) is 9.84 Å². The summed E-state index contributed by atoms with van der Waals surface area (Å²) >= 11 is 0. The lowest BCUT2D eigenvalue weighted by molar-refractivity contribution is -0.125. The van der Waals surface area contributed by atoms with Gasteiger partial charge in [-0.1, -0.05) is 37.1 Å². The molecule has 1 fully saturated rings. The molecule has 2 heterocycles. The molecule has 1 aliphatic heterocycles. The average Bonchev–Trinajstić information content (AvgIpc) is 2.94. The van der Waals surface area contributed by atoms with E-state index in [9.17, 15) is 14.7 Å². The van der Waals surface area contributed by atoms with Crippen LogP contribution in [-0.4, -0.2) is 57.7 Å². The summed E-state index contributed by atoms with van der Waals surface area (Å²) in [6.45, 7) is 0.393. The molecule has 4 atom stereocenters. The van der Waals surface area contributed by atoms with E-state index in [-0.39, 0.29) is 17.6 Å². The molecule has 198 valence electrons. The normalized spacial score (nSPS) is 23.0. The Morgan fingerprint density at radius 3 is 2.66 bits per heavy atom. The fraction of sp³-hybridized carbons (Fsp3) is 0.367. The first kappa shape index (κ1) is 25.7. The Hall–Kier alpha value is -3.91. The molecular weight excluding hydrogens is 482 g/mol. The summed E-state index contributed by atoms with van der Waals surface area (Å²) in [5.74, 6) is -0.429. The largest absolute Gasteiger partial charge is 0.593 e. The van der Waals surface area contributed by atoms with Crippen molar-refractivity contribution < 1.29 is 24.5 Å². The van der Waals surface area contributed by atoms with E-state index in [1.165, 1.54) is 7.11 Å². The van der Waals surface area contributed by atoms with Gasteiger partial charge in [-0.3, -0.25) is 14.6 Å². The molecule has 0 saturated heterocycles. The predicted molar refractivity (Wildman–Crippen MR) is 143 cm³/mol. The van der Waals surface area contributed by atoms with E-state index >= 15 is 0 Å². The molecule has 0 bridgehead atoms. The summed E-state index contributed by atoms with van der Waals surface area (Å²) in [6, 6.07) is 16.8. The van der Waals surface area contributed by atoms with Crippen molar-refractivity contribution in [3.05, 3.63) is 89.2 Å². The number of ether oxygens (including phenoxy) is 1. The highest BCUT2D eigenvalue weighted by Gasteiger charge is 2.49. The number of aliphatic hydroxyl groups is 1. The summed E-state index contributed by atoms with van der Waals surface area (Å²) in [7, 11) is 1.53. The molecule has 1 aliphatic carbocycles. The lowest BCUT2D eigenvalue weighted by Crippen LogP contribution is -2.55. The van der Waals surface area contributed by atoms with E-state index in [0.717, 1.165) is 18.5 Å². The fourth-order valence-corrected chi connectivity index (χ4v) is 5.87. The minimum absolute atomic E-state index is 0.203. The van der Waals surface area contributed by atoms with Crippen molar-refractivity contribution in [3.63, 3.8) is 0 Å². The zero-order valence-electron chi connectivity index (χ0n) is 21.5. The molecule has 4 N–H and O–H groups in total. The number of nitrogens with zero attached hydrogens (tertiary/aromatic N) is 2. The van der Waals surface area contributed by atoms with Gasteiger partial charge in [-0.15, -0.1) is 0 Å². The number of hydrogen-bond acceptors (Lipinski definition) is 5. The third-order valence-electron chi connectivity index (χ3n) is 7.67. The second kappa shape index (κ2) is 11.2. The Morgan fingerprint density at radius 1 is 1.11 bits per heavy atom. The van der Waals surface area contributed by atoms with Crippen LogP contribution in [0.3, 0.4) is 0 Å². The van der Waals surface area contributed by atoms with Crippen LogP contribution in [0.1, 0.15) is 64.8 Å². The summed E-state index contributed by atoms with van der Waals surface area (Å²) < 4.78 is 5.67. The van der Waals surface area contributed by atoms with E-state index in [0.29, 0.717) is 48.2 Å². The average molecular weight is 517 g/mol. The van der Waals surface area contributed by atoms with Crippen molar-refractivity contribution in [2.75, 3.05) is 13.7 Å². The van der Waals surface area contributed by atoms with E-state index in [1.54, 1.807) is 41.4 Å². The number of methoxy groups -OCH3 is 1. The summed E-state index contributed by atoms with van der Waals surface area (Å²) in [6.07, 6.45) is 4.66. The molecule has 5 rings (SSSR count). The van der Waals surface area contributed by atoms with Crippen molar-refractivity contribution in [1.82, 2.24) is 15.2 Å². The van der Waals surface area contributed by atoms with Crippen molar-refractivity contribution >= 4 is 11.8 Å². The van der Waals surface area contributed by atoms with Crippen LogP contribution in [0, 0.1) is 0 Å². The van der Waals surface area contributed by atoms with Crippen molar-refractivity contribution in [2.45, 2.75) is 56.2 Å². The van der Waals surface area contributed by atoms with Gasteiger partial charge in [-0.2, -0.15) is 0 Å². The molecule has 8 nitrogen and oxygen atoms in total. The number of carbonyl (C=O) groups is 2. The Kier molecular flexibility index (Phi) is 7.60. The standard InChI is InChI=1S/C30H33N3O5/c1-38-26-18-20(34)13-14-23(26)28-27(29(36)32-17-15-19-8-6-7-16-31-19)21-9-2-3-10-22(21)30(37)33(28)24-11-4-5-12-25(24)35/h2-3,6-10,13-14,16,18,24-25,27-28,34-35H,4-5,11-12,15,17H2,1H3,(H,32,36)/p+1/t24-,25-,27+,28-/m0/s1. The molecule has 2 aliphatic rings. The highest BCUT2D eigenvalue weighted by molar-refractivity contribution is 6.01. The molecule has 0 spiro atoms. The van der Waals surface area contributed by atoms with E-state index in [1.807, 2.05) is 30.3 Å². The first-order valence-corrected chi connectivity index (χ1v) is 13.2. The van der Waals surface area contributed by atoms with E-state index in [2.05, 4.69) is 10.3 Å². The number of fused-ring (bicyclic) bond motifs is 1. The Morgan fingerprint density at radius 2 is 1.89 bits per heavy atom. The lowest BCUT2D eigenvalue weighted by atomic mass is 9.76. The molecule has 3 aromatic rings. The van der Waals surface area contributed by atoms with Gasteiger partial charge < -0.3 is 25.2 Å². The maximum absolute atomic E-state index is 14.1. The maximum atomic E-state index is 14.1. The topological polar surface area (TPSA) is 115 Å². The number of hydrogen-bond donors (Lipinski definition) is 2.